The van der Waals surface area contributed by atoms with Gasteiger partial charge < -0.3 is 4.74 Å². The fourth-order valence-corrected chi connectivity index (χ4v) is 3.94. The zero-order valence-corrected chi connectivity index (χ0v) is 15.6. The molecule has 0 radical (unpaired) electrons. The number of aromatic nitrogens is 1. The van der Waals surface area contributed by atoms with Gasteiger partial charge in [-0.2, -0.15) is 13.2 Å². The molecule has 2 heterocycles. The summed E-state index contributed by atoms with van der Waals surface area (Å²) in [5.74, 6) is 0. The smallest absolute Gasteiger partial charge is 0.372 e. The molecule has 1 fully saturated rings. The van der Waals surface area contributed by atoms with Crippen LogP contribution in [-0.4, -0.2) is 32.3 Å². The summed E-state index contributed by atoms with van der Waals surface area (Å²) in [7, 11) is 0. The van der Waals surface area contributed by atoms with Crippen molar-refractivity contribution < 1.29 is 23.1 Å². The molecule has 0 saturated carbocycles. The first kappa shape index (κ1) is 20.2. The molecule has 25 heavy (non-hydrogen) atoms. The summed E-state index contributed by atoms with van der Waals surface area (Å²) in [6, 6.07) is 3.83. The van der Waals surface area contributed by atoms with E-state index < -0.39 is 22.7 Å². The van der Waals surface area contributed by atoms with Gasteiger partial charge in [0.05, 0.1) is 15.3 Å². The van der Waals surface area contributed by atoms with Gasteiger partial charge in [0.2, 0.25) is 0 Å². The van der Waals surface area contributed by atoms with Crippen LogP contribution in [0.15, 0.2) is 35.0 Å². The van der Waals surface area contributed by atoms with Gasteiger partial charge in [-0.25, -0.2) is 4.98 Å². The first-order valence-electron chi connectivity index (χ1n) is 7.33. The van der Waals surface area contributed by atoms with Crippen molar-refractivity contribution in [3.8, 4) is 0 Å². The van der Waals surface area contributed by atoms with Gasteiger partial charge in [-0.05, 0) is 53.9 Å². The van der Waals surface area contributed by atoms with Crippen molar-refractivity contribution in [2.24, 2.45) is 0 Å². The second-order valence-corrected chi connectivity index (χ2v) is 8.25. The normalized spacial score (nSPS) is 24.9. The largest absolute Gasteiger partial charge is 0.433 e. The number of rotatable bonds is 5. The predicted octanol–water partition coefficient (Wildman–Crippen LogP) is 4.37. The van der Waals surface area contributed by atoms with E-state index in [2.05, 4.69) is 20.9 Å². The topological polar surface area (TPSA) is 78.2 Å². The SMILES string of the molecule is CC1(Sc2cccc(C(F)(F)F)n2)CCOC(/C(=C/C(=N)Br)NO)C1. The van der Waals surface area contributed by atoms with Crippen LogP contribution in [0.2, 0.25) is 0 Å². The lowest BCUT2D eigenvalue weighted by atomic mass is 9.95. The van der Waals surface area contributed by atoms with Gasteiger partial charge in [-0.15, -0.1) is 0 Å². The second kappa shape index (κ2) is 8.07. The molecule has 5 nitrogen and oxygen atoms in total. The molecule has 2 rings (SSSR count). The van der Waals surface area contributed by atoms with Crippen molar-refractivity contribution >= 4 is 32.3 Å². The van der Waals surface area contributed by atoms with E-state index >= 15 is 0 Å². The van der Waals surface area contributed by atoms with E-state index in [1.165, 1.54) is 23.9 Å². The van der Waals surface area contributed by atoms with Crippen molar-refractivity contribution in [3.05, 3.63) is 35.7 Å². The van der Waals surface area contributed by atoms with E-state index in [1.54, 1.807) is 6.07 Å². The highest BCUT2D eigenvalue weighted by Gasteiger charge is 2.37. The number of halogens is 4. The Morgan fingerprint density at radius 2 is 2.28 bits per heavy atom. The lowest BCUT2D eigenvalue weighted by Gasteiger charge is -2.38. The first-order chi connectivity index (χ1) is 11.6. The van der Waals surface area contributed by atoms with E-state index in [9.17, 15) is 18.4 Å². The van der Waals surface area contributed by atoms with Gasteiger partial charge in [0, 0.05) is 11.4 Å². The summed E-state index contributed by atoms with van der Waals surface area (Å²) in [5, 5.41) is 17.0. The molecule has 0 bridgehead atoms. The summed E-state index contributed by atoms with van der Waals surface area (Å²) in [6.07, 6.45) is -2.54. The maximum atomic E-state index is 12.8. The Morgan fingerprint density at radius 3 is 2.88 bits per heavy atom. The summed E-state index contributed by atoms with van der Waals surface area (Å²) in [5.41, 5.74) is 1.41. The van der Waals surface area contributed by atoms with Crippen LogP contribution in [0.5, 0.6) is 0 Å². The maximum Gasteiger partial charge on any atom is 0.433 e. The molecule has 10 heteroatoms. The van der Waals surface area contributed by atoms with E-state index in [1.807, 2.05) is 12.4 Å². The molecule has 1 saturated heterocycles. The van der Waals surface area contributed by atoms with Crippen LogP contribution in [0.4, 0.5) is 13.2 Å². The van der Waals surface area contributed by atoms with Gasteiger partial charge in [-0.1, -0.05) is 17.8 Å². The summed E-state index contributed by atoms with van der Waals surface area (Å²) in [6.45, 7) is 2.30. The third-order valence-electron chi connectivity index (χ3n) is 3.69. The summed E-state index contributed by atoms with van der Waals surface area (Å²) in [4.78, 5) is 3.70. The quantitative estimate of drug-likeness (QED) is 0.469. The van der Waals surface area contributed by atoms with E-state index in [0.717, 1.165) is 6.07 Å². The highest BCUT2D eigenvalue weighted by atomic mass is 79.9. The van der Waals surface area contributed by atoms with E-state index in [4.69, 9.17) is 10.1 Å². The third-order valence-corrected chi connectivity index (χ3v) is 5.22. The van der Waals surface area contributed by atoms with Gasteiger partial charge in [-0.3, -0.25) is 16.1 Å². The van der Waals surface area contributed by atoms with Crippen LogP contribution < -0.4 is 5.48 Å². The van der Waals surface area contributed by atoms with E-state index in [-0.39, 0.29) is 9.65 Å². The molecule has 1 aromatic rings. The minimum atomic E-state index is -4.48. The van der Waals surface area contributed by atoms with Crippen molar-refractivity contribution in [2.45, 2.75) is 41.8 Å². The summed E-state index contributed by atoms with van der Waals surface area (Å²) < 4.78 is 43.7. The Bertz CT molecular complexity index is 672. The molecule has 2 unspecified atom stereocenters. The molecule has 0 amide bonds. The van der Waals surface area contributed by atoms with Crippen LogP contribution in [0, 0.1) is 5.41 Å². The Hall–Kier alpha value is -1.10. The number of thioether (sulfide) groups is 1. The monoisotopic (exact) mass is 439 g/mol. The second-order valence-electron chi connectivity index (χ2n) is 5.78. The number of alkyl halides is 3. The number of ether oxygens (including phenoxy) is 1. The van der Waals surface area contributed by atoms with Crippen LogP contribution in [0.1, 0.15) is 25.5 Å². The van der Waals surface area contributed by atoms with E-state index in [0.29, 0.717) is 25.1 Å². The number of hydrogen-bond donors (Lipinski definition) is 3. The number of nitrogens with zero attached hydrogens (tertiary/aromatic N) is 1. The molecule has 0 spiro atoms. The molecule has 2 atom stereocenters. The van der Waals surface area contributed by atoms with Crippen molar-refractivity contribution in [2.75, 3.05) is 6.61 Å². The van der Waals surface area contributed by atoms with Gasteiger partial charge >= 0.3 is 6.18 Å². The fraction of sp³-hybridized carbons (Fsp3) is 0.467. The van der Waals surface area contributed by atoms with Crippen molar-refractivity contribution in [3.63, 3.8) is 0 Å². The molecule has 0 aromatic carbocycles. The minimum Gasteiger partial charge on any atom is -0.372 e. The molecule has 1 aliphatic rings. The van der Waals surface area contributed by atoms with Gasteiger partial charge in [0.15, 0.2) is 0 Å². The van der Waals surface area contributed by atoms with Crippen LogP contribution in [-0.2, 0) is 10.9 Å². The number of pyridine rings is 1. The lowest BCUT2D eigenvalue weighted by Crippen LogP contribution is -2.39. The standard InChI is InChI=1S/C15H17BrF3N3O2S/c1-14(25-13-4-2-3-11(21-13)15(17,18)19)5-6-24-10(8-14)9(22-23)7-12(16)20/h2-4,7,10,20,22-23H,5-6,8H2,1H3/b9-7-,20-12?. The number of hydrogen-bond acceptors (Lipinski definition) is 6. The predicted molar refractivity (Wildman–Crippen MR) is 92.1 cm³/mol. The molecule has 138 valence electrons. The summed E-state index contributed by atoms with van der Waals surface area (Å²) >= 11 is 4.22. The Labute approximate surface area is 155 Å². The Balaban J connectivity index is 2.17. The lowest BCUT2D eigenvalue weighted by molar-refractivity contribution is -0.141. The fourth-order valence-electron chi connectivity index (χ4n) is 2.48. The zero-order chi connectivity index (χ0) is 18.7. The molecular formula is C15H17BrF3N3O2S. The molecular weight excluding hydrogens is 423 g/mol. The van der Waals surface area contributed by atoms with Crippen LogP contribution >= 0.6 is 27.7 Å². The van der Waals surface area contributed by atoms with Crippen LogP contribution in [0.25, 0.3) is 0 Å². The number of allylic oxidation sites excluding steroid dienone is 1. The molecule has 1 aromatic heterocycles. The number of hydroxylamine groups is 1. The highest BCUT2D eigenvalue weighted by Crippen LogP contribution is 2.42. The van der Waals surface area contributed by atoms with Gasteiger partial charge in [0.25, 0.3) is 0 Å². The molecule has 0 aliphatic carbocycles. The third kappa shape index (κ3) is 5.70. The van der Waals surface area contributed by atoms with Crippen molar-refractivity contribution in [1.29, 1.82) is 5.41 Å². The average Bonchev–Trinajstić information content (AvgIpc) is 2.51. The van der Waals surface area contributed by atoms with Gasteiger partial charge in [0.1, 0.15) is 11.8 Å². The Morgan fingerprint density at radius 1 is 1.56 bits per heavy atom. The average molecular weight is 440 g/mol. The highest BCUT2D eigenvalue weighted by molar-refractivity contribution is 9.18. The number of nitrogens with one attached hydrogen (secondary N) is 2. The van der Waals surface area contributed by atoms with Crippen LogP contribution in [0.3, 0.4) is 0 Å². The Kier molecular flexibility index (Phi) is 6.52. The first-order valence-corrected chi connectivity index (χ1v) is 8.94. The molecule has 1 aliphatic heterocycles. The van der Waals surface area contributed by atoms with Crippen molar-refractivity contribution in [1.82, 2.24) is 10.5 Å². The molecule has 3 N–H and O–H groups in total. The maximum absolute atomic E-state index is 12.8. The minimum absolute atomic E-state index is 0.0622. The zero-order valence-electron chi connectivity index (χ0n) is 13.2.